The number of aryl methyl sites for hydroxylation is 1. The lowest BCUT2D eigenvalue weighted by molar-refractivity contribution is -0.137. The summed E-state index contributed by atoms with van der Waals surface area (Å²) in [5, 5.41) is 18.9. The fourth-order valence-corrected chi connectivity index (χ4v) is 3.45. The maximum atomic E-state index is 12.9. The molecule has 3 rings (SSSR count). The lowest BCUT2D eigenvalue weighted by Gasteiger charge is -2.18. The van der Waals surface area contributed by atoms with Gasteiger partial charge in [-0.15, -0.1) is 5.10 Å². The van der Waals surface area contributed by atoms with Crippen LogP contribution in [0.15, 0.2) is 24.3 Å². The van der Waals surface area contributed by atoms with Gasteiger partial charge in [0.05, 0.1) is 24.1 Å². The number of methoxy groups -OCH3 is 1. The topological polar surface area (TPSA) is 58.5 Å². The van der Waals surface area contributed by atoms with E-state index >= 15 is 0 Å². The van der Waals surface area contributed by atoms with E-state index in [-0.39, 0.29) is 11.7 Å². The van der Waals surface area contributed by atoms with Gasteiger partial charge in [0.15, 0.2) is 0 Å². The van der Waals surface area contributed by atoms with Gasteiger partial charge < -0.3 is 14.7 Å². The van der Waals surface area contributed by atoms with E-state index in [1.54, 1.807) is 13.0 Å². The van der Waals surface area contributed by atoms with Crippen molar-refractivity contribution < 1.29 is 23.0 Å². The summed E-state index contributed by atoms with van der Waals surface area (Å²) in [6, 6.07) is 5.02. The van der Waals surface area contributed by atoms with E-state index in [4.69, 9.17) is 4.74 Å². The molecule has 2 aromatic rings. The number of nitrogens with zero attached hydrogens (tertiary/aromatic N) is 3. The molecule has 0 bridgehead atoms. The molecule has 146 valence electrons. The van der Waals surface area contributed by atoms with Gasteiger partial charge in [-0.1, -0.05) is 0 Å². The van der Waals surface area contributed by atoms with Gasteiger partial charge in [-0.2, -0.15) is 18.3 Å². The van der Waals surface area contributed by atoms with Crippen molar-refractivity contribution in [1.82, 2.24) is 15.1 Å². The summed E-state index contributed by atoms with van der Waals surface area (Å²) in [5.74, 6) is 0.170. The average molecular weight is 381 g/mol. The van der Waals surface area contributed by atoms with Crippen LogP contribution < -0.4 is 4.74 Å². The minimum atomic E-state index is -4.45. The Labute approximate surface area is 155 Å². The molecule has 1 fully saturated rings. The molecule has 1 saturated heterocycles. The lowest BCUT2D eigenvalue weighted by atomic mass is 9.97. The Kier molecular flexibility index (Phi) is 5.39. The van der Waals surface area contributed by atoms with E-state index in [1.807, 2.05) is 7.05 Å². The minimum Gasteiger partial charge on any atom is -0.496 e. The highest BCUT2D eigenvalue weighted by Gasteiger charge is 2.32. The molecular weight excluding hydrogens is 359 g/mol. The second-order valence-electron chi connectivity index (χ2n) is 6.97. The number of likely N-dealkylation sites (tertiary alicyclic amines) is 1. The summed E-state index contributed by atoms with van der Waals surface area (Å²) in [4.78, 5) is 2.15. The van der Waals surface area contributed by atoms with Gasteiger partial charge in [0, 0.05) is 18.0 Å². The third-order valence-corrected chi connectivity index (χ3v) is 4.96. The van der Waals surface area contributed by atoms with Crippen LogP contribution in [0.3, 0.4) is 0 Å². The molecule has 0 amide bonds. The van der Waals surface area contributed by atoms with Crippen LogP contribution in [0.25, 0.3) is 11.3 Å². The Bertz CT molecular complexity index is 826. The molecule has 1 N–H and O–H groups in total. The van der Waals surface area contributed by atoms with Gasteiger partial charge in [-0.3, -0.25) is 0 Å². The Balaban J connectivity index is 1.92. The fraction of sp³-hybridized carbons (Fsp3) is 0.474. The number of benzene rings is 1. The Morgan fingerprint density at radius 2 is 2.00 bits per heavy atom. The summed E-state index contributed by atoms with van der Waals surface area (Å²) >= 11 is 0. The maximum Gasteiger partial charge on any atom is 0.416 e. The smallest absolute Gasteiger partial charge is 0.416 e. The molecule has 2 atom stereocenters. The normalized spacial score (nSPS) is 19.3. The number of hydrogen-bond donors (Lipinski definition) is 1. The molecule has 2 unspecified atom stereocenters. The number of aromatic nitrogens is 2. The second kappa shape index (κ2) is 7.44. The first kappa shape index (κ1) is 19.6. The molecule has 0 spiro atoms. The molecule has 0 saturated carbocycles. The van der Waals surface area contributed by atoms with Gasteiger partial charge in [0.25, 0.3) is 0 Å². The van der Waals surface area contributed by atoms with Crippen molar-refractivity contribution in [2.24, 2.45) is 5.92 Å². The number of halogens is 3. The van der Waals surface area contributed by atoms with E-state index in [0.29, 0.717) is 22.5 Å². The Hall–Kier alpha value is -2.19. The fourth-order valence-electron chi connectivity index (χ4n) is 3.45. The van der Waals surface area contributed by atoms with Gasteiger partial charge in [0.2, 0.25) is 0 Å². The molecule has 1 aromatic carbocycles. The van der Waals surface area contributed by atoms with E-state index in [1.165, 1.54) is 13.2 Å². The van der Waals surface area contributed by atoms with E-state index in [0.717, 1.165) is 31.6 Å². The molecular formula is C19H22F3N3O2. The summed E-state index contributed by atoms with van der Waals surface area (Å²) < 4.78 is 43.9. The number of rotatable bonds is 4. The van der Waals surface area contributed by atoms with Gasteiger partial charge in [0.1, 0.15) is 11.9 Å². The monoisotopic (exact) mass is 381 g/mol. The Morgan fingerprint density at radius 3 is 2.56 bits per heavy atom. The molecule has 1 aromatic heterocycles. The first-order valence-electron chi connectivity index (χ1n) is 8.67. The van der Waals surface area contributed by atoms with Crippen molar-refractivity contribution in [2.45, 2.75) is 25.6 Å². The van der Waals surface area contributed by atoms with Crippen LogP contribution >= 0.6 is 0 Å². The first-order valence-corrected chi connectivity index (χ1v) is 8.67. The summed E-state index contributed by atoms with van der Waals surface area (Å²) in [6.45, 7) is 3.50. The molecule has 0 radical (unpaired) electrons. The highest BCUT2D eigenvalue weighted by Crippen LogP contribution is 2.38. The molecule has 1 aliphatic heterocycles. The van der Waals surface area contributed by atoms with Gasteiger partial charge in [-0.05, 0) is 56.8 Å². The van der Waals surface area contributed by atoms with Crippen molar-refractivity contribution >= 4 is 0 Å². The molecule has 27 heavy (non-hydrogen) atoms. The number of aliphatic hydroxyl groups excluding tert-OH is 1. The van der Waals surface area contributed by atoms with Crippen LogP contribution in [-0.4, -0.2) is 47.5 Å². The second-order valence-corrected chi connectivity index (χ2v) is 6.97. The zero-order valence-corrected chi connectivity index (χ0v) is 15.4. The highest BCUT2D eigenvalue weighted by molar-refractivity contribution is 5.70. The highest BCUT2D eigenvalue weighted by atomic mass is 19.4. The number of aliphatic hydroxyl groups is 1. The average Bonchev–Trinajstić information content (AvgIpc) is 3.06. The van der Waals surface area contributed by atoms with Crippen LogP contribution in [0.5, 0.6) is 5.75 Å². The lowest BCUT2D eigenvalue weighted by Crippen LogP contribution is -2.19. The third kappa shape index (κ3) is 4.06. The maximum absolute atomic E-state index is 12.9. The Morgan fingerprint density at radius 1 is 1.26 bits per heavy atom. The molecule has 0 aliphatic carbocycles. The van der Waals surface area contributed by atoms with Crippen LogP contribution in [0, 0.1) is 12.8 Å². The molecule has 8 heteroatoms. The SMILES string of the molecule is COc1cc(C(F)(F)F)ccc1-c1nnc(C(O)C2CCN(C)C2)cc1C. The zero-order valence-electron chi connectivity index (χ0n) is 15.4. The predicted octanol–water partition coefficient (Wildman–Crippen LogP) is 3.46. The van der Waals surface area contributed by atoms with Crippen molar-refractivity contribution in [3.8, 4) is 17.0 Å². The molecule has 2 heterocycles. The first-order chi connectivity index (χ1) is 12.7. The van der Waals surface area contributed by atoms with Gasteiger partial charge in [-0.25, -0.2) is 0 Å². The van der Waals surface area contributed by atoms with Crippen molar-refractivity contribution in [3.05, 3.63) is 41.1 Å². The van der Waals surface area contributed by atoms with Crippen LogP contribution in [-0.2, 0) is 6.18 Å². The summed E-state index contributed by atoms with van der Waals surface area (Å²) in [7, 11) is 3.32. The number of hydrogen-bond acceptors (Lipinski definition) is 5. The van der Waals surface area contributed by atoms with Crippen LogP contribution in [0.4, 0.5) is 13.2 Å². The third-order valence-electron chi connectivity index (χ3n) is 4.96. The molecule has 1 aliphatic rings. The standard InChI is InChI=1S/C19H22F3N3O2/c1-11-8-15(18(26)12-6-7-25(2)10-12)23-24-17(11)14-5-4-13(19(20,21)22)9-16(14)27-3/h4-5,8-9,12,18,26H,6-7,10H2,1-3H3. The molecule has 5 nitrogen and oxygen atoms in total. The van der Waals surface area contributed by atoms with Crippen molar-refractivity contribution in [3.63, 3.8) is 0 Å². The largest absolute Gasteiger partial charge is 0.496 e. The summed E-state index contributed by atoms with van der Waals surface area (Å²) in [6.07, 6.45) is -4.29. The summed E-state index contributed by atoms with van der Waals surface area (Å²) in [5.41, 5.74) is 1.26. The van der Waals surface area contributed by atoms with Crippen molar-refractivity contribution in [2.75, 3.05) is 27.2 Å². The zero-order chi connectivity index (χ0) is 19.8. The van der Waals surface area contributed by atoms with E-state index in [9.17, 15) is 18.3 Å². The van der Waals surface area contributed by atoms with E-state index < -0.39 is 17.8 Å². The van der Waals surface area contributed by atoms with Crippen LogP contribution in [0.2, 0.25) is 0 Å². The van der Waals surface area contributed by atoms with Crippen LogP contribution in [0.1, 0.15) is 29.3 Å². The van der Waals surface area contributed by atoms with E-state index in [2.05, 4.69) is 15.1 Å². The quantitative estimate of drug-likeness (QED) is 0.879. The minimum absolute atomic E-state index is 0.0768. The number of alkyl halides is 3. The number of ether oxygens (including phenoxy) is 1. The predicted molar refractivity (Wildman–Crippen MR) is 94.3 cm³/mol. The van der Waals surface area contributed by atoms with Gasteiger partial charge >= 0.3 is 6.18 Å². The van der Waals surface area contributed by atoms with Crippen molar-refractivity contribution in [1.29, 1.82) is 0 Å².